The third kappa shape index (κ3) is 2.09. The van der Waals surface area contributed by atoms with Crippen molar-refractivity contribution in [2.24, 2.45) is 0 Å². The van der Waals surface area contributed by atoms with E-state index in [0.717, 1.165) is 5.56 Å². The van der Waals surface area contributed by atoms with E-state index in [-0.39, 0.29) is 29.6 Å². The SMILES string of the molecule is O=C1CCC(N2CCc3cc(O)ccc3C2=O)C(=O)C1. The molecule has 1 fully saturated rings. The van der Waals surface area contributed by atoms with Gasteiger partial charge in [0.1, 0.15) is 11.5 Å². The van der Waals surface area contributed by atoms with Crippen molar-refractivity contribution in [3.05, 3.63) is 29.3 Å². The molecule has 0 spiro atoms. The molecule has 1 heterocycles. The summed E-state index contributed by atoms with van der Waals surface area (Å²) in [5.41, 5.74) is 1.35. The van der Waals surface area contributed by atoms with Crippen LogP contribution in [0.2, 0.25) is 0 Å². The van der Waals surface area contributed by atoms with Crippen LogP contribution in [0.4, 0.5) is 0 Å². The van der Waals surface area contributed by atoms with E-state index in [1.807, 2.05) is 0 Å². The highest BCUT2D eigenvalue weighted by atomic mass is 16.3. The summed E-state index contributed by atoms with van der Waals surface area (Å²) in [7, 11) is 0. The highest BCUT2D eigenvalue weighted by Crippen LogP contribution is 2.27. The maximum absolute atomic E-state index is 12.5. The lowest BCUT2D eigenvalue weighted by atomic mass is 9.89. The van der Waals surface area contributed by atoms with Crippen LogP contribution >= 0.6 is 0 Å². The van der Waals surface area contributed by atoms with Crippen LogP contribution in [-0.2, 0) is 16.0 Å². The van der Waals surface area contributed by atoms with Gasteiger partial charge in [-0.05, 0) is 36.6 Å². The third-order valence-electron chi connectivity index (χ3n) is 4.02. The largest absolute Gasteiger partial charge is 0.508 e. The second-order valence-corrected chi connectivity index (χ2v) is 5.33. The predicted molar refractivity (Wildman–Crippen MR) is 70.5 cm³/mol. The van der Waals surface area contributed by atoms with Gasteiger partial charge in [-0.3, -0.25) is 14.4 Å². The molecule has 0 aromatic heterocycles. The molecule has 5 heteroatoms. The summed E-state index contributed by atoms with van der Waals surface area (Å²) in [5.74, 6) is -0.235. The Morgan fingerprint density at radius 1 is 1.15 bits per heavy atom. The summed E-state index contributed by atoms with van der Waals surface area (Å²) < 4.78 is 0. The molecule has 2 aliphatic rings. The molecular weight excluding hydrogens is 258 g/mol. The van der Waals surface area contributed by atoms with Gasteiger partial charge in [0, 0.05) is 18.5 Å². The molecule has 1 aliphatic carbocycles. The van der Waals surface area contributed by atoms with Crippen molar-refractivity contribution >= 4 is 17.5 Å². The van der Waals surface area contributed by atoms with Gasteiger partial charge in [-0.2, -0.15) is 0 Å². The molecule has 0 bridgehead atoms. The second kappa shape index (κ2) is 4.74. The van der Waals surface area contributed by atoms with Gasteiger partial charge in [0.25, 0.3) is 5.91 Å². The van der Waals surface area contributed by atoms with Crippen molar-refractivity contribution < 1.29 is 19.5 Å². The van der Waals surface area contributed by atoms with Gasteiger partial charge in [0.2, 0.25) is 0 Å². The highest BCUT2D eigenvalue weighted by Gasteiger charge is 2.36. The number of rotatable bonds is 1. The lowest BCUT2D eigenvalue weighted by molar-refractivity contribution is -0.133. The number of ketones is 2. The topological polar surface area (TPSA) is 74.7 Å². The number of carbonyl (C=O) groups is 3. The van der Waals surface area contributed by atoms with Gasteiger partial charge in [0.15, 0.2) is 5.78 Å². The number of benzene rings is 1. The molecule has 1 aromatic rings. The lowest BCUT2D eigenvalue weighted by Gasteiger charge is -2.36. The summed E-state index contributed by atoms with van der Waals surface area (Å²) in [5, 5.41) is 9.44. The number of carbonyl (C=O) groups excluding carboxylic acids is 3. The molecular formula is C15H15NO4. The standard InChI is InChI=1S/C15H15NO4/c17-10-1-3-12-9(7-10)5-6-16(15(12)20)13-4-2-11(18)8-14(13)19/h1,3,7,13,17H,2,4-6,8H2. The normalized spacial score (nSPS) is 22.9. The van der Waals surface area contributed by atoms with Crippen molar-refractivity contribution in [2.45, 2.75) is 31.7 Å². The number of phenols is 1. The molecule has 1 aliphatic heterocycles. The first-order chi connectivity index (χ1) is 9.56. The smallest absolute Gasteiger partial charge is 0.254 e. The van der Waals surface area contributed by atoms with Gasteiger partial charge in [-0.25, -0.2) is 0 Å². The van der Waals surface area contributed by atoms with E-state index in [9.17, 15) is 19.5 Å². The zero-order valence-corrected chi connectivity index (χ0v) is 11.0. The summed E-state index contributed by atoms with van der Waals surface area (Å²) in [6, 6.07) is 4.20. The van der Waals surface area contributed by atoms with Crippen LogP contribution in [0.1, 0.15) is 35.2 Å². The Morgan fingerprint density at radius 2 is 1.95 bits per heavy atom. The fourth-order valence-electron chi connectivity index (χ4n) is 2.98. The quantitative estimate of drug-likeness (QED) is 0.777. The molecule has 1 N–H and O–H groups in total. The van der Waals surface area contributed by atoms with E-state index in [1.54, 1.807) is 17.0 Å². The van der Waals surface area contributed by atoms with Crippen LogP contribution in [0.5, 0.6) is 5.75 Å². The van der Waals surface area contributed by atoms with Crippen molar-refractivity contribution in [3.8, 4) is 5.75 Å². The van der Waals surface area contributed by atoms with E-state index in [0.29, 0.717) is 31.4 Å². The minimum Gasteiger partial charge on any atom is -0.508 e. The number of hydrogen-bond donors (Lipinski definition) is 1. The first kappa shape index (κ1) is 12.8. The van der Waals surface area contributed by atoms with Crippen molar-refractivity contribution in [1.29, 1.82) is 0 Å². The Kier molecular flexibility index (Phi) is 3.04. The summed E-state index contributed by atoms with van der Waals surface area (Å²) in [6.45, 7) is 0.458. The minimum absolute atomic E-state index is 0.0407. The summed E-state index contributed by atoms with van der Waals surface area (Å²) >= 11 is 0. The fraction of sp³-hybridized carbons (Fsp3) is 0.400. The first-order valence-corrected chi connectivity index (χ1v) is 6.73. The predicted octanol–water partition coefficient (Wildman–Crippen LogP) is 1.08. The van der Waals surface area contributed by atoms with Crippen LogP contribution in [0.3, 0.4) is 0 Å². The number of nitrogens with zero attached hydrogens (tertiary/aromatic N) is 1. The number of fused-ring (bicyclic) bond motifs is 1. The van der Waals surface area contributed by atoms with Gasteiger partial charge < -0.3 is 10.0 Å². The molecule has 0 radical (unpaired) electrons. The van der Waals surface area contributed by atoms with Gasteiger partial charge in [-0.1, -0.05) is 0 Å². The van der Waals surface area contributed by atoms with E-state index >= 15 is 0 Å². The maximum Gasteiger partial charge on any atom is 0.254 e. The lowest BCUT2D eigenvalue weighted by Crippen LogP contribution is -2.50. The van der Waals surface area contributed by atoms with Gasteiger partial charge in [-0.15, -0.1) is 0 Å². The minimum atomic E-state index is -0.470. The van der Waals surface area contributed by atoms with Crippen LogP contribution in [-0.4, -0.2) is 40.1 Å². The number of Topliss-reactive ketones (excluding diaryl/α,β-unsaturated/α-hetero) is 2. The van der Waals surface area contributed by atoms with E-state index < -0.39 is 6.04 Å². The average Bonchev–Trinajstić information content (AvgIpc) is 2.40. The zero-order chi connectivity index (χ0) is 14.3. The molecule has 20 heavy (non-hydrogen) atoms. The Labute approximate surface area is 116 Å². The van der Waals surface area contributed by atoms with Crippen molar-refractivity contribution in [1.82, 2.24) is 4.90 Å². The van der Waals surface area contributed by atoms with Crippen LogP contribution in [0, 0.1) is 0 Å². The average molecular weight is 273 g/mol. The van der Waals surface area contributed by atoms with Gasteiger partial charge >= 0.3 is 0 Å². The molecule has 3 rings (SSSR count). The van der Waals surface area contributed by atoms with Crippen molar-refractivity contribution in [3.63, 3.8) is 0 Å². The Morgan fingerprint density at radius 3 is 2.70 bits per heavy atom. The summed E-state index contributed by atoms with van der Waals surface area (Å²) in [6.07, 6.45) is 1.35. The van der Waals surface area contributed by atoms with E-state index in [4.69, 9.17) is 0 Å². The molecule has 1 atom stereocenters. The molecule has 1 aromatic carbocycles. The monoisotopic (exact) mass is 273 g/mol. The number of aromatic hydroxyl groups is 1. The Bertz CT molecular complexity index is 608. The number of phenolic OH excluding ortho intramolecular Hbond substituents is 1. The van der Waals surface area contributed by atoms with E-state index in [2.05, 4.69) is 0 Å². The Hall–Kier alpha value is -2.17. The molecule has 1 unspecified atom stereocenters. The molecule has 5 nitrogen and oxygen atoms in total. The number of amides is 1. The van der Waals surface area contributed by atoms with Crippen LogP contribution in [0.25, 0.3) is 0 Å². The molecule has 1 amide bonds. The first-order valence-electron chi connectivity index (χ1n) is 6.73. The maximum atomic E-state index is 12.5. The second-order valence-electron chi connectivity index (χ2n) is 5.33. The summed E-state index contributed by atoms with van der Waals surface area (Å²) in [4.78, 5) is 37.3. The van der Waals surface area contributed by atoms with Gasteiger partial charge in [0.05, 0.1) is 12.5 Å². The molecule has 1 saturated carbocycles. The highest BCUT2D eigenvalue weighted by molar-refractivity contribution is 6.07. The van der Waals surface area contributed by atoms with Crippen LogP contribution in [0.15, 0.2) is 18.2 Å². The van der Waals surface area contributed by atoms with Crippen LogP contribution < -0.4 is 0 Å². The number of hydrogen-bond acceptors (Lipinski definition) is 4. The van der Waals surface area contributed by atoms with Crippen molar-refractivity contribution in [2.75, 3.05) is 6.54 Å². The van der Waals surface area contributed by atoms with E-state index in [1.165, 1.54) is 6.07 Å². The third-order valence-corrected chi connectivity index (χ3v) is 4.02. The molecule has 104 valence electrons. The Balaban J connectivity index is 1.87. The fourth-order valence-corrected chi connectivity index (χ4v) is 2.98. The molecule has 0 saturated heterocycles. The zero-order valence-electron chi connectivity index (χ0n) is 11.0.